The first-order chi connectivity index (χ1) is 13.8. The zero-order chi connectivity index (χ0) is 21.0. The van der Waals surface area contributed by atoms with E-state index in [9.17, 15) is 18.0 Å². The maximum Gasteiger partial charge on any atom is 0.305 e. The third-order valence-corrected chi connectivity index (χ3v) is 5.58. The topological polar surface area (TPSA) is 118 Å². The molecule has 2 aromatic carbocycles. The fourth-order valence-corrected chi connectivity index (χ4v) is 3.73. The molecular weight excluding hydrogens is 394 g/mol. The molecule has 0 aliphatic rings. The van der Waals surface area contributed by atoms with Gasteiger partial charge in [-0.2, -0.15) is 0 Å². The Kier molecular flexibility index (Phi) is 5.81. The highest BCUT2D eigenvalue weighted by Crippen LogP contribution is 2.24. The van der Waals surface area contributed by atoms with Crippen LogP contribution in [0.3, 0.4) is 0 Å². The van der Waals surface area contributed by atoms with Gasteiger partial charge in [-0.25, -0.2) is 13.1 Å². The van der Waals surface area contributed by atoms with Crippen LogP contribution in [0.1, 0.15) is 26.5 Å². The van der Waals surface area contributed by atoms with Crippen LogP contribution in [0.25, 0.3) is 11.0 Å². The molecule has 0 aliphatic heterocycles. The van der Waals surface area contributed by atoms with Crippen molar-refractivity contribution in [1.82, 2.24) is 15.6 Å². The molecule has 9 heteroatoms. The maximum absolute atomic E-state index is 12.4. The lowest BCUT2D eigenvalue weighted by molar-refractivity contribution is 0.0831. The van der Waals surface area contributed by atoms with Crippen LogP contribution in [0.2, 0.25) is 0 Å². The molecule has 8 nitrogen and oxygen atoms in total. The minimum Gasteiger partial charge on any atom is -0.451 e. The number of aryl methyl sites for hydroxylation is 1. The van der Waals surface area contributed by atoms with Crippen molar-refractivity contribution < 1.29 is 22.4 Å². The molecule has 0 saturated heterocycles. The van der Waals surface area contributed by atoms with Crippen molar-refractivity contribution in [3.05, 3.63) is 78.1 Å². The summed E-state index contributed by atoms with van der Waals surface area (Å²) in [7, 11) is -3.78. The molecule has 0 bridgehead atoms. The Morgan fingerprint density at radius 2 is 1.79 bits per heavy atom. The highest BCUT2D eigenvalue weighted by molar-refractivity contribution is 7.89. The molecule has 0 aliphatic carbocycles. The molecule has 0 spiro atoms. The van der Waals surface area contributed by atoms with E-state index in [1.165, 1.54) is 30.3 Å². The molecule has 1 heterocycles. The molecule has 2 amide bonds. The Labute approximate surface area is 167 Å². The average molecular weight is 413 g/mol. The summed E-state index contributed by atoms with van der Waals surface area (Å²) in [6, 6.07) is 12.6. The molecule has 150 valence electrons. The Bertz CT molecular complexity index is 1200. The largest absolute Gasteiger partial charge is 0.451 e. The number of hydrogen-bond donors (Lipinski definition) is 3. The fraction of sp³-hybridized carbons (Fsp3) is 0.100. The average Bonchev–Trinajstić information content (AvgIpc) is 3.07. The van der Waals surface area contributed by atoms with E-state index in [2.05, 4.69) is 22.2 Å². The molecular formula is C20H19N3O5S. The number of benzene rings is 2. The smallest absolute Gasteiger partial charge is 0.305 e. The zero-order valence-electron chi connectivity index (χ0n) is 15.6. The normalized spacial score (nSPS) is 11.2. The summed E-state index contributed by atoms with van der Waals surface area (Å²) >= 11 is 0. The molecule has 0 radical (unpaired) electrons. The van der Waals surface area contributed by atoms with E-state index in [0.717, 1.165) is 5.39 Å². The summed E-state index contributed by atoms with van der Waals surface area (Å²) in [6.07, 6.45) is 1.41. The first kappa shape index (κ1) is 20.3. The third kappa shape index (κ3) is 4.36. The van der Waals surface area contributed by atoms with Crippen LogP contribution in [-0.2, 0) is 10.0 Å². The summed E-state index contributed by atoms with van der Waals surface area (Å²) in [4.78, 5) is 24.6. The van der Waals surface area contributed by atoms with Gasteiger partial charge in [0.05, 0.1) is 4.90 Å². The summed E-state index contributed by atoms with van der Waals surface area (Å²) < 4.78 is 32.2. The highest BCUT2D eigenvalue weighted by atomic mass is 32.2. The predicted molar refractivity (Wildman–Crippen MR) is 108 cm³/mol. The number of fused-ring (bicyclic) bond motifs is 1. The second-order valence-corrected chi connectivity index (χ2v) is 7.90. The van der Waals surface area contributed by atoms with Gasteiger partial charge in [0, 0.05) is 23.1 Å². The van der Waals surface area contributed by atoms with Gasteiger partial charge < -0.3 is 4.42 Å². The maximum atomic E-state index is 12.4. The summed E-state index contributed by atoms with van der Waals surface area (Å²) in [5.74, 6) is -1.21. The van der Waals surface area contributed by atoms with Gasteiger partial charge in [-0.05, 0) is 31.2 Å². The van der Waals surface area contributed by atoms with Crippen molar-refractivity contribution in [1.29, 1.82) is 0 Å². The quantitative estimate of drug-likeness (QED) is 0.423. The number of sulfonamides is 1. The number of hydrogen-bond acceptors (Lipinski definition) is 5. The van der Waals surface area contributed by atoms with Crippen molar-refractivity contribution in [3.8, 4) is 0 Å². The van der Waals surface area contributed by atoms with Crippen LogP contribution in [0.5, 0.6) is 0 Å². The summed E-state index contributed by atoms with van der Waals surface area (Å²) in [6.45, 7) is 5.25. The molecule has 3 rings (SSSR count). The minimum absolute atomic E-state index is 0.0612. The van der Waals surface area contributed by atoms with Crippen LogP contribution >= 0.6 is 0 Å². The molecule has 0 atom stereocenters. The molecule has 1 aromatic heterocycles. The zero-order valence-corrected chi connectivity index (χ0v) is 16.4. The van der Waals surface area contributed by atoms with Gasteiger partial charge >= 0.3 is 5.91 Å². The van der Waals surface area contributed by atoms with Crippen molar-refractivity contribution in [2.24, 2.45) is 0 Å². The van der Waals surface area contributed by atoms with E-state index in [1.54, 1.807) is 19.1 Å². The number of furan rings is 1. The second-order valence-electron chi connectivity index (χ2n) is 6.13. The van der Waals surface area contributed by atoms with Crippen LogP contribution in [0, 0.1) is 6.92 Å². The first-order valence-corrected chi connectivity index (χ1v) is 10.1. The molecule has 0 fully saturated rings. The predicted octanol–water partition coefficient (Wildman–Crippen LogP) is 2.28. The highest BCUT2D eigenvalue weighted by Gasteiger charge is 2.19. The van der Waals surface area contributed by atoms with E-state index in [0.29, 0.717) is 11.1 Å². The standard InChI is InChI=1S/C20H19N3O5S/c1-3-11-21-29(26,27)15-8-6-7-14(12-15)19(24)22-23-20(25)18-13(2)16-9-4-5-10-17(16)28-18/h3-10,12,21H,1,11H2,2H3,(H,22,24)(H,23,25). The minimum atomic E-state index is -3.78. The van der Waals surface area contributed by atoms with Gasteiger partial charge in [-0.15, -0.1) is 6.58 Å². The Balaban J connectivity index is 1.72. The van der Waals surface area contributed by atoms with Gasteiger partial charge in [0.1, 0.15) is 5.58 Å². The number of carbonyl (C=O) groups excluding carboxylic acids is 2. The number of nitrogens with one attached hydrogen (secondary N) is 3. The fourth-order valence-electron chi connectivity index (χ4n) is 2.69. The SMILES string of the molecule is C=CCNS(=O)(=O)c1cccc(C(=O)NNC(=O)c2oc3ccccc3c2C)c1. The monoisotopic (exact) mass is 413 g/mol. The van der Waals surface area contributed by atoms with Crippen LogP contribution in [-0.4, -0.2) is 26.8 Å². The van der Waals surface area contributed by atoms with Crippen molar-refractivity contribution in [2.75, 3.05) is 6.54 Å². The molecule has 0 saturated carbocycles. The van der Waals surface area contributed by atoms with E-state index < -0.39 is 21.8 Å². The van der Waals surface area contributed by atoms with Crippen LogP contribution in [0.4, 0.5) is 0 Å². The van der Waals surface area contributed by atoms with Crippen LogP contribution in [0.15, 0.2) is 70.5 Å². The summed E-state index contributed by atoms with van der Waals surface area (Å²) in [5.41, 5.74) is 5.81. The number of amides is 2. The van der Waals surface area contributed by atoms with Crippen LogP contribution < -0.4 is 15.6 Å². The number of carbonyl (C=O) groups is 2. The molecule has 29 heavy (non-hydrogen) atoms. The van der Waals surface area contributed by atoms with E-state index in [4.69, 9.17) is 4.42 Å². The van der Waals surface area contributed by atoms with Gasteiger partial charge in [0.15, 0.2) is 5.76 Å². The van der Waals surface area contributed by atoms with Gasteiger partial charge in [-0.3, -0.25) is 20.4 Å². The lowest BCUT2D eigenvalue weighted by Gasteiger charge is -2.09. The lowest BCUT2D eigenvalue weighted by Crippen LogP contribution is -2.41. The van der Waals surface area contributed by atoms with E-state index in [-0.39, 0.29) is 22.8 Å². The van der Waals surface area contributed by atoms with E-state index >= 15 is 0 Å². The molecule has 3 N–H and O–H groups in total. The van der Waals surface area contributed by atoms with Crippen molar-refractivity contribution >= 4 is 32.8 Å². The molecule has 0 unspecified atom stereocenters. The van der Waals surface area contributed by atoms with E-state index in [1.807, 2.05) is 12.1 Å². The number of hydrazine groups is 1. The Morgan fingerprint density at radius 1 is 1.07 bits per heavy atom. The van der Waals surface area contributed by atoms with Gasteiger partial charge in [-0.1, -0.05) is 30.3 Å². The number of para-hydroxylation sites is 1. The first-order valence-electron chi connectivity index (χ1n) is 8.63. The molecule has 3 aromatic rings. The third-order valence-electron chi connectivity index (χ3n) is 4.16. The van der Waals surface area contributed by atoms with Gasteiger partial charge in [0.2, 0.25) is 10.0 Å². The second kappa shape index (κ2) is 8.29. The Hall–Kier alpha value is -3.43. The Morgan fingerprint density at radius 3 is 2.52 bits per heavy atom. The van der Waals surface area contributed by atoms with Gasteiger partial charge in [0.25, 0.3) is 5.91 Å². The van der Waals surface area contributed by atoms with Crippen molar-refractivity contribution in [3.63, 3.8) is 0 Å². The van der Waals surface area contributed by atoms with Crippen molar-refractivity contribution in [2.45, 2.75) is 11.8 Å². The summed E-state index contributed by atoms with van der Waals surface area (Å²) in [5, 5.41) is 0.800. The number of rotatable bonds is 6. The lowest BCUT2D eigenvalue weighted by atomic mass is 10.1.